The third-order valence-corrected chi connectivity index (χ3v) is 7.59. The third-order valence-electron chi connectivity index (χ3n) is 7.59. The summed E-state index contributed by atoms with van der Waals surface area (Å²) in [6.45, 7) is 0. The summed E-state index contributed by atoms with van der Waals surface area (Å²) in [6, 6.07) is 52.4. The molecule has 0 N–H and O–H groups in total. The van der Waals surface area contributed by atoms with Crippen molar-refractivity contribution in [2.75, 3.05) is 0 Å². The number of fused-ring (bicyclic) bond motifs is 3. The second kappa shape index (κ2) is 9.21. The number of para-hydroxylation sites is 1. The molecule has 38 heavy (non-hydrogen) atoms. The molecule has 0 unspecified atom stereocenters. The molecular weight excluding hydrogens is 458 g/mol. The van der Waals surface area contributed by atoms with Gasteiger partial charge in [0.1, 0.15) is 0 Å². The Morgan fingerprint density at radius 2 is 0.737 bits per heavy atom. The second-order valence-electron chi connectivity index (χ2n) is 9.76. The largest absolute Gasteiger partial charge is 0.343 e. The minimum absolute atomic E-state index is 1.22. The van der Waals surface area contributed by atoms with Crippen LogP contribution in [0.4, 0.5) is 0 Å². The molecule has 1 heterocycles. The zero-order valence-corrected chi connectivity index (χ0v) is 21.3. The summed E-state index contributed by atoms with van der Waals surface area (Å²) in [5.74, 6) is 0. The van der Waals surface area contributed by atoms with Gasteiger partial charge in [-0.3, -0.25) is 0 Å². The third kappa shape index (κ3) is 3.48. The molecule has 0 aliphatic heterocycles. The van der Waals surface area contributed by atoms with Crippen LogP contribution in [0.2, 0.25) is 0 Å². The normalized spacial score (nSPS) is 11.3. The maximum absolute atomic E-state index is 2.39. The first-order valence-corrected chi connectivity index (χ1v) is 13.1. The van der Waals surface area contributed by atoms with Crippen LogP contribution in [0.3, 0.4) is 0 Å². The maximum atomic E-state index is 2.39. The summed E-state index contributed by atoms with van der Waals surface area (Å²) < 4.78 is 2.39. The van der Waals surface area contributed by atoms with Gasteiger partial charge in [0.2, 0.25) is 0 Å². The zero-order chi connectivity index (χ0) is 25.5. The summed E-state index contributed by atoms with van der Waals surface area (Å²) in [4.78, 5) is 0. The summed E-state index contributed by atoms with van der Waals surface area (Å²) in [5, 5.41) is 2.57. The average Bonchev–Trinajstić information content (AvgIpc) is 3.30. The van der Waals surface area contributed by atoms with Gasteiger partial charge in [0.25, 0.3) is 0 Å². The Hall–Kier alpha value is -4.88. The van der Waals surface area contributed by atoms with Crippen LogP contribution < -0.4 is 0 Å². The number of benzene rings is 6. The lowest BCUT2D eigenvalue weighted by molar-refractivity contribution is 1.02. The van der Waals surface area contributed by atoms with Crippen LogP contribution in [0, 0.1) is 0 Å². The van der Waals surface area contributed by atoms with Crippen LogP contribution in [-0.4, -0.2) is 4.57 Å². The van der Waals surface area contributed by atoms with Gasteiger partial charge in [-0.15, -0.1) is 0 Å². The predicted octanol–water partition coefficient (Wildman–Crippen LogP) is 10.00. The van der Waals surface area contributed by atoms with Gasteiger partial charge < -0.3 is 4.57 Å². The van der Waals surface area contributed by atoms with Gasteiger partial charge in [0, 0.05) is 40.0 Å². The van der Waals surface area contributed by atoms with Gasteiger partial charge in [0.15, 0.2) is 0 Å². The molecule has 0 saturated heterocycles. The van der Waals surface area contributed by atoms with Crippen LogP contribution in [0.25, 0.3) is 66.3 Å². The van der Waals surface area contributed by atoms with Crippen molar-refractivity contribution in [1.29, 1.82) is 0 Å². The van der Waals surface area contributed by atoms with Crippen molar-refractivity contribution in [3.05, 3.63) is 146 Å². The van der Waals surface area contributed by atoms with E-state index in [2.05, 4.69) is 157 Å². The average molecular weight is 486 g/mol. The highest BCUT2D eigenvalue weighted by Crippen LogP contribution is 2.52. The minimum Gasteiger partial charge on any atom is -0.343 e. The SMILES string of the molecule is Cn1c2ccccc2c2c(-c3ccccc3)c(-c3ccccc3)c(-c3ccccc3)c(-c3ccccc3)c21. The Labute approximate surface area is 223 Å². The molecule has 1 nitrogen and oxygen atoms in total. The van der Waals surface area contributed by atoms with E-state index in [0.29, 0.717) is 0 Å². The summed E-state index contributed by atoms with van der Waals surface area (Å²) in [7, 11) is 2.21. The highest BCUT2D eigenvalue weighted by Gasteiger charge is 2.27. The second-order valence-corrected chi connectivity index (χ2v) is 9.76. The fourth-order valence-corrected chi connectivity index (χ4v) is 6.00. The molecule has 0 amide bonds. The molecule has 0 spiro atoms. The van der Waals surface area contributed by atoms with E-state index in [0.717, 1.165) is 0 Å². The van der Waals surface area contributed by atoms with Crippen molar-refractivity contribution in [3.8, 4) is 44.5 Å². The van der Waals surface area contributed by atoms with Gasteiger partial charge in [0.05, 0.1) is 5.52 Å². The molecular formula is C37H27N. The van der Waals surface area contributed by atoms with Crippen LogP contribution in [-0.2, 0) is 7.05 Å². The Balaban J connectivity index is 1.84. The number of rotatable bonds is 4. The molecule has 0 saturated carbocycles. The monoisotopic (exact) mass is 485 g/mol. The topological polar surface area (TPSA) is 4.93 Å². The molecule has 0 fully saturated rings. The van der Waals surface area contributed by atoms with E-state index < -0.39 is 0 Å². The number of hydrogen-bond acceptors (Lipinski definition) is 0. The Kier molecular flexibility index (Phi) is 5.41. The van der Waals surface area contributed by atoms with Crippen molar-refractivity contribution in [3.63, 3.8) is 0 Å². The van der Waals surface area contributed by atoms with Gasteiger partial charge in [-0.2, -0.15) is 0 Å². The lowest BCUT2D eigenvalue weighted by Gasteiger charge is -2.23. The number of hydrogen-bond donors (Lipinski definition) is 0. The van der Waals surface area contributed by atoms with Crippen molar-refractivity contribution >= 4 is 21.8 Å². The lowest BCUT2D eigenvalue weighted by atomic mass is 9.80. The van der Waals surface area contributed by atoms with Crippen LogP contribution in [0.15, 0.2) is 146 Å². The van der Waals surface area contributed by atoms with Crippen molar-refractivity contribution in [1.82, 2.24) is 4.57 Å². The van der Waals surface area contributed by atoms with E-state index in [1.165, 1.54) is 66.3 Å². The number of aryl methyl sites for hydroxylation is 1. The molecule has 0 radical (unpaired) electrons. The van der Waals surface area contributed by atoms with Gasteiger partial charge in [-0.1, -0.05) is 140 Å². The highest BCUT2D eigenvalue weighted by atomic mass is 14.9. The maximum Gasteiger partial charge on any atom is 0.0581 e. The first-order valence-electron chi connectivity index (χ1n) is 13.1. The lowest BCUT2D eigenvalue weighted by Crippen LogP contribution is -1.99. The molecule has 0 atom stereocenters. The molecule has 7 rings (SSSR count). The number of nitrogens with zero attached hydrogens (tertiary/aromatic N) is 1. The molecule has 6 aromatic carbocycles. The van der Waals surface area contributed by atoms with Gasteiger partial charge in [-0.05, 0) is 33.9 Å². The molecule has 0 aliphatic rings. The summed E-state index contributed by atoms with van der Waals surface area (Å²) in [5.41, 5.74) is 12.5. The highest BCUT2D eigenvalue weighted by molar-refractivity contribution is 6.25. The quantitative estimate of drug-likeness (QED) is 0.234. The number of aromatic nitrogens is 1. The Morgan fingerprint density at radius 3 is 1.24 bits per heavy atom. The van der Waals surface area contributed by atoms with E-state index in [1.807, 2.05) is 0 Å². The molecule has 1 aromatic heterocycles. The fraction of sp³-hybridized carbons (Fsp3) is 0.0270. The molecule has 1 heteroatoms. The Morgan fingerprint density at radius 1 is 0.368 bits per heavy atom. The minimum atomic E-state index is 1.22. The Bertz CT molecular complexity index is 1880. The standard InChI is InChI=1S/C37H27N/c1-38-31-25-15-14-24-30(31)36-34(28-20-10-4-11-21-28)32(26-16-6-2-7-17-26)33(27-18-8-3-9-19-27)35(37(36)38)29-22-12-5-13-23-29/h2-25H,1H3. The van der Waals surface area contributed by atoms with E-state index >= 15 is 0 Å². The molecule has 0 bridgehead atoms. The smallest absolute Gasteiger partial charge is 0.0581 e. The van der Waals surface area contributed by atoms with Crippen molar-refractivity contribution in [2.24, 2.45) is 7.05 Å². The first-order chi connectivity index (χ1) is 18.8. The molecule has 0 aliphatic carbocycles. The van der Waals surface area contributed by atoms with E-state index in [9.17, 15) is 0 Å². The van der Waals surface area contributed by atoms with E-state index in [4.69, 9.17) is 0 Å². The predicted molar refractivity (Wildman–Crippen MR) is 162 cm³/mol. The van der Waals surface area contributed by atoms with E-state index in [-0.39, 0.29) is 0 Å². The van der Waals surface area contributed by atoms with Crippen molar-refractivity contribution < 1.29 is 0 Å². The van der Waals surface area contributed by atoms with Crippen LogP contribution in [0.1, 0.15) is 0 Å². The van der Waals surface area contributed by atoms with E-state index in [1.54, 1.807) is 0 Å². The van der Waals surface area contributed by atoms with Crippen LogP contribution in [0.5, 0.6) is 0 Å². The molecule has 7 aromatic rings. The zero-order valence-electron chi connectivity index (χ0n) is 21.3. The fourth-order valence-electron chi connectivity index (χ4n) is 6.00. The molecule has 180 valence electrons. The van der Waals surface area contributed by atoms with Crippen LogP contribution >= 0.6 is 0 Å². The van der Waals surface area contributed by atoms with Gasteiger partial charge in [-0.25, -0.2) is 0 Å². The van der Waals surface area contributed by atoms with Crippen molar-refractivity contribution in [2.45, 2.75) is 0 Å². The van der Waals surface area contributed by atoms with Gasteiger partial charge >= 0.3 is 0 Å². The first kappa shape index (κ1) is 22.3. The summed E-state index contributed by atoms with van der Waals surface area (Å²) in [6.07, 6.45) is 0. The summed E-state index contributed by atoms with van der Waals surface area (Å²) >= 11 is 0.